The fourth-order valence-electron chi connectivity index (χ4n) is 1.28. The fraction of sp³-hybridized carbons (Fsp3) is 0.300. The van der Waals surface area contributed by atoms with Crippen LogP contribution < -0.4 is 0 Å². The number of carbonyl (C=O) groups is 1. The van der Waals surface area contributed by atoms with E-state index in [0.717, 1.165) is 13.4 Å². The zero-order chi connectivity index (χ0) is 12.3. The largest absolute Gasteiger partial charge is 0.491 e. The number of allylic oxidation sites excluding steroid dienone is 2. The van der Waals surface area contributed by atoms with Crippen molar-refractivity contribution in [2.24, 2.45) is 5.92 Å². The molecule has 0 amide bonds. The van der Waals surface area contributed by atoms with Gasteiger partial charge in [0.2, 0.25) is 0 Å². The van der Waals surface area contributed by atoms with Gasteiger partial charge >= 0.3 is 5.97 Å². The van der Waals surface area contributed by atoms with Crippen LogP contribution in [-0.4, -0.2) is 13.1 Å². The summed E-state index contributed by atoms with van der Waals surface area (Å²) in [6.45, 7) is 3.10. The summed E-state index contributed by atoms with van der Waals surface area (Å²) in [4.78, 5) is 11.2. The van der Waals surface area contributed by atoms with Gasteiger partial charge in [-0.1, -0.05) is 6.58 Å². The van der Waals surface area contributed by atoms with Crippen molar-refractivity contribution < 1.29 is 27.4 Å². The van der Waals surface area contributed by atoms with Crippen molar-refractivity contribution in [3.63, 3.8) is 0 Å². The molecular formula is C10H9F3O3. The van der Waals surface area contributed by atoms with Crippen molar-refractivity contribution >= 4 is 5.97 Å². The van der Waals surface area contributed by atoms with Gasteiger partial charge in [-0.3, -0.25) is 4.79 Å². The molecule has 16 heavy (non-hydrogen) atoms. The minimum Gasteiger partial charge on any atom is -0.491 e. The SMILES string of the molecule is C=COC(=O)C1CC(F)=C(F)C(OC)=C1F. The zero-order valence-corrected chi connectivity index (χ0v) is 8.43. The Kier molecular flexibility index (Phi) is 3.76. The molecule has 0 aromatic heterocycles. The second-order valence-electron chi connectivity index (χ2n) is 2.96. The first kappa shape index (κ1) is 12.4. The highest BCUT2D eigenvalue weighted by Crippen LogP contribution is 2.37. The van der Waals surface area contributed by atoms with Crippen molar-refractivity contribution in [1.29, 1.82) is 0 Å². The Morgan fingerprint density at radius 1 is 1.50 bits per heavy atom. The number of esters is 1. The summed E-state index contributed by atoms with van der Waals surface area (Å²) >= 11 is 0. The number of hydrogen-bond acceptors (Lipinski definition) is 3. The summed E-state index contributed by atoms with van der Waals surface area (Å²) in [6, 6.07) is 0. The Hall–Kier alpha value is -1.72. The highest BCUT2D eigenvalue weighted by atomic mass is 19.2. The van der Waals surface area contributed by atoms with Gasteiger partial charge in [-0.2, -0.15) is 4.39 Å². The van der Waals surface area contributed by atoms with E-state index >= 15 is 0 Å². The topological polar surface area (TPSA) is 35.5 Å². The number of hydrogen-bond donors (Lipinski definition) is 0. The molecule has 0 aliphatic heterocycles. The molecule has 0 spiro atoms. The predicted octanol–water partition coefficient (Wildman–Crippen LogP) is 2.67. The standard InChI is InChI=1S/C10H9F3O3/c1-3-16-10(14)5-4-6(11)8(13)9(15-2)7(5)12/h3,5H,1,4H2,2H3. The first-order valence-corrected chi connectivity index (χ1v) is 4.32. The minimum atomic E-state index is -1.53. The average molecular weight is 234 g/mol. The maximum atomic E-state index is 13.5. The predicted molar refractivity (Wildman–Crippen MR) is 48.8 cm³/mol. The summed E-state index contributed by atoms with van der Waals surface area (Å²) in [5.41, 5.74) is 0. The normalized spacial score (nSPS) is 20.9. The molecule has 3 nitrogen and oxygen atoms in total. The Labute approximate surface area is 89.8 Å². The van der Waals surface area contributed by atoms with Crippen LogP contribution in [0, 0.1) is 5.92 Å². The third-order valence-corrected chi connectivity index (χ3v) is 2.03. The maximum absolute atomic E-state index is 13.5. The van der Waals surface area contributed by atoms with Crippen LogP contribution in [0.15, 0.2) is 36.1 Å². The monoisotopic (exact) mass is 234 g/mol. The van der Waals surface area contributed by atoms with Gasteiger partial charge in [-0.25, -0.2) is 8.78 Å². The van der Waals surface area contributed by atoms with Gasteiger partial charge in [0.15, 0.2) is 17.4 Å². The molecule has 1 unspecified atom stereocenters. The van der Waals surface area contributed by atoms with Gasteiger partial charge in [0.05, 0.1) is 13.4 Å². The van der Waals surface area contributed by atoms with Crippen LogP contribution in [0.2, 0.25) is 0 Å². The highest BCUT2D eigenvalue weighted by molar-refractivity contribution is 5.77. The second kappa shape index (κ2) is 4.87. The van der Waals surface area contributed by atoms with Gasteiger partial charge in [-0.15, -0.1) is 0 Å². The van der Waals surface area contributed by atoms with E-state index in [4.69, 9.17) is 0 Å². The van der Waals surface area contributed by atoms with Crippen molar-refractivity contribution in [3.8, 4) is 0 Å². The molecule has 6 heteroatoms. The van der Waals surface area contributed by atoms with E-state index in [1.165, 1.54) is 0 Å². The molecule has 0 saturated carbocycles. The molecule has 0 radical (unpaired) electrons. The van der Waals surface area contributed by atoms with Gasteiger partial charge < -0.3 is 9.47 Å². The molecule has 1 rings (SSSR count). The first-order chi connectivity index (χ1) is 7.52. The van der Waals surface area contributed by atoms with Crippen LogP contribution in [-0.2, 0) is 14.3 Å². The Balaban J connectivity index is 3.06. The number of carbonyl (C=O) groups excluding carboxylic acids is 1. The van der Waals surface area contributed by atoms with E-state index in [-0.39, 0.29) is 0 Å². The zero-order valence-electron chi connectivity index (χ0n) is 8.43. The Bertz CT molecular complexity index is 385. The lowest BCUT2D eigenvalue weighted by molar-refractivity contribution is -0.142. The number of ether oxygens (including phenoxy) is 2. The van der Waals surface area contributed by atoms with Gasteiger partial charge in [0.25, 0.3) is 0 Å². The molecule has 0 N–H and O–H groups in total. The quantitative estimate of drug-likeness (QED) is 0.556. The summed E-state index contributed by atoms with van der Waals surface area (Å²) in [7, 11) is 0.975. The fourth-order valence-corrected chi connectivity index (χ4v) is 1.28. The van der Waals surface area contributed by atoms with Crippen LogP contribution in [0.25, 0.3) is 0 Å². The van der Waals surface area contributed by atoms with Crippen LogP contribution in [0.4, 0.5) is 13.2 Å². The second-order valence-corrected chi connectivity index (χ2v) is 2.96. The third kappa shape index (κ3) is 2.10. The Morgan fingerprint density at radius 2 is 2.12 bits per heavy atom. The van der Waals surface area contributed by atoms with E-state index in [0.29, 0.717) is 0 Å². The smallest absolute Gasteiger partial charge is 0.321 e. The van der Waals surface area contributed by atoms with Gasteiger partial charge in [0, 0.05) is 6.42 Å². The summed E-state index contributed by atoms with van der Waals surface area (Å²) < 4.78 is 48.2. The van der Waals surface area contributed by atoms with Crippen LogP contribution in [0.3, 0.4) is 0 Å². The number of halogens is 3. The number of methoxy groups -OCH3 is 1. The highest BCUT2D eigenvalue weighted by Gasteiger charge is 2.37. The van der Waals surface area contributed by atoms with Crippen molar-refractivity contribution in [2.45, 2.75) is 6.42 Å². The molecule has 0 bridgehead atoms. The average Bonchev–Trinajstić information content (AvgIpc) is 2.24. The van der Waals surface area contributed by atoms with Gasteiger partial charge in [0.1, 0.15) is 11.7 Å². The van der Waals surface area contributed by atoms with Crippen molar-refractivity contribution in [3.05, 3.63) is 36.1 Å². The number of rotatable bonds is 3. The maximum Gasteiger partial charge on any atom is 0.321 e. The van der Waals surface area contributed by atoms with Crippen LogP contribution in [0.5, 0.6) is 0 Å². The molecule has 1 aliphatic rings. The molecule has 0 heterocycles. The van der Waals surface area contributed by atoms with E-state index in [1.807, 2.05) is 0 Å². The van der Waals surface area contributed by atoms with Crippen LogP contribution >= 0.6 is 0 Å². The molecule has 88 valence electrons. The minimum absolute atomic E-state index is 0.725. The van der Waals surface area contributed by atoms with Gasteiger partial charge in [-0.05, 0) is 0 Å². The van der Waals surface area contributed by atoms with E-state index in [1.54, 1.807) is 0 Å². The molecule has 1 aliphatic carbocycles. The lowest BCUT2D eigenvalue weighted by atomic mass is 9.97. The molecular weight excluding hydrogens is 225 g/mol. The summed E-state index contributed by atoms with van der Waals surface area (Å²) in [5, 5.41) is 0. The van der Waals surface area contributed by atoms with Crippen molar-refractivity contribution in [2.75, 3.05) is 7.11 Å². The summed E-state index contributed by atoms with van der Waals surface area (Å²) in [5.74, 6) is -7.35. The molecule has 0 aromatic rings. The van der Waals surface area contributed by atoms with Crippen LogP contribution in [0.1, 0.15) is 6.42 Å². The van der Waals surface area contributed by atoms with E-state index in [9.17, 15) is 18.0 Å². The van der Waals surface area contributed by atoms with E-state index < -0.39 is 41.5 Å². The van der Waals surface area contributed by atoms with Crippen molar-refractivity contribution in [1.82, 2.24) is 0 Å². The lowest BCUT2D eigenvalue weighted by Gasteiger charge is -2.19. The molecule has 0 aromatic carbocycles. The molecule has 1 atom stereocenters. The molecule has 0 saturated heterocycles. The first-order valence-electron chi connectivity index (χ1n) is 4.32. The lowest BCUT2D eigenvalue weighted by Crippen LogP contribution is -2.21. The molecule has 0 fully saturated rings. The third-order valence-electron chi connectivity index (χ3n) is 2.03. The summed E-state index contributed by atoms with van der Waals surface area (Å²) in [6.07, 6.45) is 0.0614. The van der Waals surface area contributed by atoms with E-state index in [2.05, 4.69) is 16.1 Å². The Morgan fingerprint density at radius 3 is 2.62 bits per heavy atom.